The molecule has 92 valence electrons. The molecular weight excluding hydrogens is 236 g/mol. The minimum Gasteiger partial charge on any atom is -0.497 e. The van der Waals surface area contributed by atoms with Crippen molar-refractivity contribution in [1.29, 1.82) is 5.26 Å². The second-order valence-electron chi connectivity index (χ2n) is 4.52. The third-order valence-corrected chi connectivity index (χ3v) is 2.87. The molecule has 0 atom stereocenters. The van der Waals surface area contributed by atoms with E-state index in [-0.39, 0.29) is 5.41 Å². The fourth-order valence-corrected chi connectivity index (χ4v) is 1.52. The largest absolute Gasteiger partial charge is 0.497 e. The summed E-state index contributed by atoms with van der Waals surface area (Å²) in [6.07, 6.45) is 0.761. The van der Waals surface area contributed by atoms with Gasteiger partial charge in [0.05, 0.1) is 29.3 Å². The van der Waals surface area contributed by atoms with Crippen molar-refractivity contribution in [3.8, 4) is 11.8 Å². The third-order valence-electron chi connectivity index (χ3n) is 2.54. The van der Waals surface area contributed by atoms with Crippen LogP contribution >= 0.6 is 11.6 Å². The summed E-state index contributed by atoms with van der Waals surface area (Å²) in [5.74, 6) is 0.761. The van der Waals surface area contributed by atoms with E-state index in [1.165, 1.54) is 0 Å². The first-order valence-electron chi connectivity index (χ1n) is 5.47. The van der Waals surface area contributed by atoms with E-state index in [9.17, 15) is 0 Å². The summed E-state index contributed by atoms with van der Waals surface area (Å²) in [5.41, 5.74) is 0.512. The van der Waals surface area contributed by atoms with Gasteiger partial charge in [0.25, 0.3) is 0 Å². The molecule has 4 heteroatoms. The standard InChI is InChI=1S/C13H17ClN2O/c1-13(2,9-15)6-7-16-12-8-10(17-3)4-5-11(12)14/h4-5,8,16H,6-7H2,1-3H3. The van der Waals surface area contributed by atoms with Gasteiger partial charge in [-0.3, -0.25) is 0 Å². The molecule has 3 nitrogen and oxygen atoms in total. The highest BCUT2D eigenvalue weighted by Gasteiger charge is 2.15. The summed E-state index contributed by atoms with van der Waals surface area (Å²) < 4.78 is 5.13. The Morgan fingerprint density at radius 1 is 1.47 bits per heavy atom. The fraction of sp³-hybridized carbons (Fsp3) is 0.462. The van der Waals surface area contributed by atoms with Crippen LogP contribution in [-0.4, -0.2) is 13.7 Å². The van der Waals surface area contributed by atoms with Crippen molar-refractivity contribution in [2.45, 2.75) is 20.3 Å². The van der Waals surface area contributed by atoms with E-state index in [0.29, 0.717) is 11.6 Å². The number of ether oxygens (including phenoxy) is 1. The van der Waals surface area contributed by atoms with Crippen molar-refractivity contribution in [2.24, 2.45) is 5.41 Å². The zero-order valence-corrected chi connectivity index (χ0v) is 11.1. The van der Waals surface area contributed by atoms with Gasteiger partial charge in [-0.15, -0.1) is 0 Å². The monoisotopic (exact) mass is 252 g/mol. The van der Waals surface area contributed by atoms with Gasteiger partial charge >= 0.3 is 0 Å². The molecular formula is C13H17ClN2O. The number of nitrogens with zero attached hydrogens (tertiary/aromatic N) is 1. The topological polar surface area (TPSA) is 45.0 Å². The van der Waals surface area contributed by atoms with Crippen LogP contribution in [0.2, 0.25) is 5.02 Å². The van der Waals surface area contributed by atoms with Gasteiger partial charge in [0.15, 0.2) is 0 Å². The Kier molecular flexibility index (Phi) is 4.65. The molecule has 0 aliphatic rings. The molecule has 0 aromatic heterocycles. The highest BCUT2D eigenvalue weighted by atomic mass is 35.5. The number of anilines is 1. The zero-order valence-electron chi connectivity index (χ0n) is 10.4. The van der Waals surface area contributed by atoms with Gasteiger partial charge in [-0.2, -0.15) is 5.26 Å². The van der Waals surface area contributed by atoms with Crippen LogP contribution in [0.1, 0.15) is 20.3 Å². The van der Waals surface area contributed by atoms with Gasteiger partial charge in [-0.1, -0.05) is 11.6 Å². The molecule has 1 aromatic rings. The molecule has 0 fully saturated rings. The molecule has 0 amide bonds. The molecule has 17 heavy (non-hydrogen) atoms. The Balaban J connectivity index is 2.61. The number of methoxy groups -OCH3 is 1. The number of hydrogen-bond donors (Lipinski definition) is 1. The Morgan fingerprint density at radius 3 is 2.76 bits per heavy atom. The minimum atomic E-state index is -0.321. The molecule has 1 rings (SSSR count). The molecule has 0 aliphatic heterocycles. The smallest absolute Gasteiger partial charge is 0.121 e. The summed E-state index contributed by atoms with van der Waals surface area (Å²) in [6, 6.07) is 7.72. The predicted octanol–water partition coefficient (Wildman–Crippen LogP) is 3.70. The van der Waals surface area contributed by atoms with E-state index < -0.39 is 0 Å². The highest BCUT2D eigenvalue weighted by molar-refractivity contribution is 6.33. The van der Waals surface area contributed by atoms with E-state index in [1.54, 1.807) is 13.2 Å². The fourth-order valence-electron chi connectivity index (χ4n) is 1.33. The number of hydrogen-bond acceptors (Lipinski definition) is 3. The van der Waals surface area contributed by atoms with Gasteiger partial charge < -0.3 is 10.1 Å². The van der Waals surface area contributed by atoms with Crippen molar-refractivity contribution in [1.82, 2.24) is 0 Å². The number of nitriles is 1. The molecule has 0 radical (unpaired) electrons. The van der Waals surface area contributed by atoms with Crippen LogP contribution in [0.4, 0.5) is 5.69 Å². The summed E-state index contributed by atoms with van der Waals surface area (Å²) in [6.45, 7) is 4.54. The summed E-state index contributed by atoms with van der Waals surface area (Å²) in [4.78, 5) is 0. The Hall–Kier alpha value is -1.40. The van der Waals surface area contributed by atoms with Gasteiger partial charge in [-0.05, 0) is 32.4 Å². The van der Waals surface area contributed by atoms with Crippen molar-refractivity contribution in [2.75, 3.05) is 19.0 Å². The first-order chi connectivity index (χ1) is 7.98. The average Bonchev–Trinajstić information content (AvgIpc) is 2.31. The second kappa shape index (κ2) is 5.79. The molecule has 0 saturated carbocycles. The van der Waals surface area contributed by atoms with Gasteiger partial charge in [0.1, 0.15) is 5.75 Å². The molecule has 0 spiro atoms. The van der Waals surface area contributed by atoms with Crippen molar-refractivity contribution in [3.05, 3.63) is 23.2 Å². The van der Waals surface area contributed by atoms with Crippen LogP contribution in [0.25, 0.3) is 0 Å². The van der Waals surface area contributed by atoms with Gasteiger partial charge in [0, 0.05) is 12.6 Å². The summed E-state index contributed by atoms with van der Waals surface area (Å²) >= 11 is 6.05. The van der Waals surface area contributed by atoms with E-state index in [2.05, 4.69) is 11.4 Å². The minimum absolute atomic E-state index is 0.321. The summed E-state index contributed by atoms with van der Waals surface area (Å²) in [5, 5.41) is 12.8. The first kappa shape index (κ1) is 13.7. The normalized spacial score (nSPS) is 10.8. The predicted molar refractivity (Wildman–Crippen MR) is 70.5 cm³/mol. The number of halogens is 1. The lowest BCUT2D eigenvalue weighted by Crippen LogP contribution is -2.14. The third kappa shape index (κ3) is 4.16. The number of rotatable bonds is 5. The average molecular weight is 253 g/mol. The molecule has 1 aromatic carbocycles. The maximum absolute atomic E-state index is 8.90. The molecule has 0 saturated heterocycles. The first-order valence-corrected chi connectivity index (χ1v) is 5.85. The van der Waals surface area contributed by atoms with Crippen molar-refractivity contribution >= 4 is 17.3 Å². The summed E-state index contributed by atoms with van der Waals surface area (Å²) in [7, 11) is 1.62. The van der Waals surface area contributed by atoms with Crippen LogP contribution in [-0.2, 0) is 0 Å². The van der Waals surface area contributed by atoms with Crippen LogP contribution in [0.15, 0.2) is 18.2 Å². The van der Waals surface area contributed by atoms with Crippen LogP contribution in [0.5, 0.6) is 5.75 Å². The van der Waals surface area contributed by atoms with E-state index in [1.807, 2.05) is 26.0 Å². The van der Waals surface area contributed by atoms with Gasteiger partial charge in [0.2, 0.25) is 0 Å². The lowest BCUT2D eigenvalue weighted by molar-refractivity contribution is 0.415. The maximum Gasteiger partial charge on any atom is 0.121 e. The van der Waals surface area contributed by atoms with Gasteiger partial charge in [-0.25, -0.2) is 0 Å². The van der Waals surface area contributed by atoms with Crippen LogP contribution in [0, 0.1) is 16.7 Å². The van der Waals surface area contributed by atoms with Crippen molar-refractivity contribution in [3.63, 3.8) is 0 Å². The highest BCUT2D eigenvalue weighted by Crippen LogP contribution is 2.27. The van der Waals surface area contributed by atoms with Crippen LogP contribution in [0.3, 0.4) is 0 Å². The Labute approximate surface area is 107 Å². The van der Waals surface area contributed by atoms with Crippen LogP contribution < -0.4 is 10.1 Å². The molecule has 0 heterocycles. The number of benzene rings is 1. The molecule has 1 N–H and O–H groups in total. The quantitative estimate of drug-likeness (QED) is 0.869. The molecule has 0 aliphatic carbocycles. The molecule has 0 bridgehead atoms. The lowest BCUT2D eigenvalue weighted by Gasteiger charge is -2.16. The zero-order chi connectivity index (χ0) is 12.9. The Morgan fingerprint density at radius 2 is 2.18 bits per heavy atom. The second-order valence-corrected chi connectivity index (χ2v) is 4.93. The lowest BCUT2D eigenvalue weighted by atomic mass is 9.91. The van der Waals surface area contributed by atoms with E-state index in [0.717, 1.165) is 17.9 Å². The number of nitrogens with one attached hydrogen (secondary N) is 1. The van der Waals surface area contributed by atoms with E-state index >= 15 is 0 Å². The maximum atomic E-state index is 8.90. The molecule has 0 unspecified atom stereocenters. The Bertz CT molecular complexity index is 424. The van der Waals surface area contributed by atoms with E-state index in [4.69, 9.17) is 21.6 Å². The SMILES string of the molecule is COc1ccc(Cl)c(NCCC(C)(C)C#N)c1. The van der Waals surface area contributed by atoms with Crippen molar-refractivity contribution < 1.29 is 4.74 Å².